The van der Waals surface area contributed by atoms with Gasteiger partial charge in [-0.25, -0.2) is 0 Å². The van der Waals surface area contributed by atoms with Crippen molar-refractivity contribution in [2.24, 2.45) is 5.11 Å². The minimum absolute atomic E-state index is 0.241. The second-order valence-corrected chi connectivity index (χ2v) is 2.26. The molecule has 0 saturated carbocycles. The summed E-state index contributed by atoms with van der Waals surface area (Å²) in [4.78, 5) is 2.85. The zero-order valence-corrected chi connectivity index (χ0v) is 6.28. The SMILES string of the molecule is [N-]=[N+]=Nc1cccc2c1no[n+]2[O-]. The molecule has 1 heterocycles. The normalized spacial score (nSPS) is 9.85. The highest BCUT2D eigenvalue weighted by Gasteiger charge is 2.11. The summed E-state index contributed by atoms with van der Waals surface area (Å²) in [5, 5.41) is 17.7. The minimum Gasteiger partial charge on any atom is -0.359 e. The van der Waals surface area contributed by atoms with Gasteiger partial charge in [0, 0.05) is 10.1 Å². The number of fused-ring (bicyclic) bond motifs is 1. The lowest BCUT2D eigenvalue weighted by Crippen LogP contribution is -2.22. The highest BCUT2D eigenvalue weighted by Crippen LogP contribution is 2.21. The molecule has 0 unspecified atom stereocenters. The zero-order chi connectivity index (χ0) is 9.26. The van der Waals surface area contributed by atoms with E-state index in [2.05, 4.69) is 19.8 Å². The van der Waals surface area contributed by atoms with Crippen molar-refractivity contribution in [3.63, 3.8) is 0 Å². The van der Waals surface area contributed by atoms with Gasteiger partial charge in [-0.3, -0.25) is 4.63 Å². The van der Waals surface area contributed by atoms with E-state index >= 15 is 0 Å². The average Bonchev–Trinajstić information content (AvgIpc) is 2.50. The van der Waals surface area contributed by atoms with Crippen molar-refractivity contribution in [2.75, 3.05) is 0 Å². The Morgan fingerprint density at radius 3 is 3.23 bits per heavy atom. The van der Waals surface area contributed by atoms with Gasteiger partial charge in [-0.05, 0) is 22.6 Å². The lowest BCUT2D eigenvalue weighted by atomic mass is 10.3. The lowest BCUT2D eigenvalue weighted by molar-refractivity contribution is -0.782. The fourth-order valence-electron chi connectivity index (χ4n) is 1.01. The van der Waals surface area contributed by atoms with Crippen LogP contribution in [0.4, 0.5) is 5.69 Å². The molecule has 0 saturated heterocycles. The maximum atomic E-state index is 10.9. The lowest BCUT2D eigenvalue weighted by Gasteiger charge is -1.87. The number of benzene rings is 1. The van der Waals surface area contributed by atoms with E-state index in [0.717, 1.165) is 0 Å². The summed E-state index contributed by atoms with van der Waals surface area (Å²) in [5.74, 6) is 0. The number of hydrogen-bond acceptors (Lipinski definition) is 4. The van der Waals surface area contributed by atoms with Crippen molar-refractivity contribution in [3.05, 3.63) is 33.8 Å². The Hall–Kier alpha value is -2.27. The minimum atomic E-state index is 0.241. The predicted octanol–water partition coefficient (Wildman–Crippen LogP) is 1.40. The van der Waals surface area contributed by atoms with Crippen LogP contribution in [-0.2, 0) is 0 Å². The van der Waals surface area contributed by atoms with E-state index in [4.69, 9.17) is 5.53 Å². The molecule has 0 bridgehead atoms. The van der Waals surface area contributed by atoms with Gasteiger partial charge in [-0.2, -0.15) is 0 Å². The first kappa shape index (κ1) is 7.38. The maximum Gasteiger partial charge on any atom is 0.258 e. The first-order valence-electron chi connectivity index (χ1n) is 3.36. The molecule has 7 heteroatoms. The molecule has 0 aliphatic rings. The zero-order valence-electron chi connectivity index (χ0n) is 6.28. The molecular weight excluding hydrogens is 174 g/mol. The van der Waals surface area contributed by atoms with Gasteiger partial charge in [-0.15, -0.1) is 0 Å². The third-order valence-corrected chi connectivity index (χ3v) is 1.55. The fraction of sp³-hybridized carbons (Fsp3) is 0. The first-order valence-corrected chi connectivity index (χ1v) is 3.36. The molecule has 0 aliphatic heterocycles. The van der Waals surface area contributed by atoms with Gasteiger partial charge >= 0.3 is 0 Å². The summed E-state index contributed by atoms with van der Waals surface area (Å²) < 4.78 is 4.33. The fourth-order valence-corrected chi connectivity index (χ4v) is 1.01. The first-order chi connectivity index (χ1) is 6.33. The van der Waals surface area contributed by atoms with Crippen molar-refractivity contribution < 1.29 is 9.53 Å². The molecule has 0 fully saturated rings. The average molecular weight is 177 g/mol. The van der Waals surface area contributed by atoms with Crippen LogP contribution >= 0.6 is 0 Å². The van der Waals surface area contributed by atoms with E-state index in [-0.39, 0.29) is 21.6 Å². The number of hydrogen-bond donors (Lipinski definition) is 0. The topological polar surface area (TPSA) is 102 Å². The van der Waals surface area contributed by atoms with Crippen molar-refractivity contribution in [2.45, 2.75) is 0 Å². The molecule has 7 nitrogen and oxygen atoms in total. The van der Waals surface area contributed by atoms with Crippen LogP contribution in [0.15, 0.2) is 27.9 Å². The molecule has 64 valence electrons. The largest absolute Gasteiger partial charge is 0.359 e. The van der Waals surface area contributed by atoms with Crippen LogP contribution in [0.3, 0.4) is 0 Å². The third kappa shape index (κ3) is 1.03. The Labute approximate surface area is 71.3 Å². The smallest absolute Gasteiger partial charge is 0.258 e. The van der Waals surface area contributed by atoms with Crippen LogP contribution in [0.2, 0.25) is 0 Å². The van der Waals surface area contributed by atoms with Crippen molar-refractivity contribution in [3.8, 4) is 0 Å². The van der Waals surface area contributed by atoms with E-state index in [1.807, 2.05) is 0 Å². The Balaban J connectivity index is 2.84. The van der Waals surface area contributed by atoms with Crippen molar-refractivity contribution in [1.29, 1.82) is 0 Å². The molecule has 2 rings (SSSR count). The Morgan fingerprint density at radius 1 is 1.62 bits per heavy atom. The molecular formula is C6H3N5O2. The van der Waals surface area contributed by atoms with Crippen molar-refractivity contribution in [1.82, 2.24) is 5.16 Å². The highest BCUT2D eigenvalue weighted by atomic mass is 16.8. The van der Waals surface area contributed by atoms with Gasteiger partial charge < -0.3 is 5.21 Å². The van der Waals surface area contributed by atoms with E-state index < -0.39 is 0 Å². The van der Waals surface area contributed by atoms with Gasteiger partial charge in [0.1, 0.15) is 0 Å². The molecule has 0 aliphatic carbocycles. The monoisotopic (exact) mass is 177 g/mol. The molecule has 0 radical (unpaired) electrons. The summed E-state index contributed by atoms with van der Waals surface area (Å²) in [5.41, 5.74) is 8.98. The number of azide groups is 1. The summed E-state index contributed by atoms with van der Waals surface area (Å²) in [7, 11) is 0. The standard InChI is InChI=1S/C6H3N5O2/c7-10-8-4-2-1-3-5-6(4)9-13-11(5)12/h1-3H. The second kappa shape index (κ2) is 2.65. The Kier molecular flexibility index (Phi) is 1.50. The predicted molar refractivity (Wildman–Crippen MR) is 41.8 cm³/mol. The highest BCUT2D eigenvalue weighted by molar-refractivity contribution is 5.82. The van der Waals surface area contributed by atoms with E-state index in [1.54, 1.807) is 12.1 Å². The molecule has 0 N–H and O–H groups in total. The summed E-state index contributed by atoms with van der Waals surface area (Å²) >= 11 is 0. The molecule has 2 aromatic rings. The van der Waals surface area contributed by atoms with Gasteiger partial charge in [0.25, 0.3) is 5.52 Å². The maximum absolute atomic E-state index is 10.9. The number of aromatic nitrogens is 2. The molecule has 13 heavy (non-hydrogen) atoms. The van der Waals surface area contributed by atoms with Gasteiger partial charge in [0.15, 0.2) is 0 Å². The molecule has 0 spiro atoms. The van der Waals surface area contributed by atoms with Gasteiger partial charge in [-0.1, -0.05) is 11.2 Å². The Bertz CT molecular complexity index is 499. The van der Waals surface area contributed by atoms with Crippen LogP contribution in [0.5, 0.6) is 0 Å². The number of rotatable bonds is 1. The number of nitrogens with zero attached hydrogens (tertiary/aromatic N) is 5. The van der Waals surface area contributed by atoms with Crippen LogP contribution in [0, 0.1) is 5.21 Å². The molecule has 0 atom stereocenters. The third-order valence-electron chi connectivity index (χ3n) is 1.55. The van der Waals surface area contributed by atoms with Gasteiger partial charge in [0.05, 0.1) is 5.69 Å². The van der Waals surface area contributed by atoms with Crippen LogP contribution in [-0.4, -0.2) is 5.16 Å². The van der Waals surface area contributed by atoms with Crippen LogP contribution in [0.25, 0.3) is 21.5 Å². The Morgan fingerprint density at radius 2 is 2.46 bits per heavy atom. The van der Waals surface area contributed by atoms with Crippen LogP contribution in [0.1, 0.15) is 0 Å². The van der Waals surface area contributed by atoms with E-state index in [0.29, 0.717) is 0 Å². The quantitative estimate of drug-likeness (QED) is 0.284. The van der Waals surface area contributed by atoms with E-state index in [9.17, 15) is 5.21 Å². The summed E-state index contributed by atoms with van der Waals surface area (Å²) in [6.45, 7) is 0. The van der Waals surface area contributed by atoms with E-state index in [1.165, 1.54) is 6.07 Å². The molecule has 0 amide bonds. The van der Waals surface area contributed by atoms with Crippen molar-refractivity contribution >= 4 is 16.7 Å². The summed E-state index contributed by atoms with van der Waals surface area (Å²) in [6.07, 6.45) is 0. The van der Waals surface area contributed by atoms with Gasteiger partial charge in [0.2, 0.25) is 5.52 Å². The second-order valence-electron chi connectivity index (χ2n) is 2.26. The molecule has 1 aromatic heterocycles. The summed E-state index contributed by atoms with van der Waals surface area (Å²) in [6, 6.07) is 4.65. The van der Waals surface area contributed by atoms with Crippen LogP contribution < -0.4 is 4.90 Å². The molecule has 1 aromatic carbocycles.